The standard InChI is InChI=1S/CH5N2O4PS.Ca.2H3N.H2O.2H/c2-1(4)3-7-8(5,6)9;;;;;;/h(H3,2,3,4)(H2,5,6,9);;2*1H3;1H2;;/q;+2;;;;2*-1. The van der Waals surface area contributed by atoms with Gasteiger partial charge < -0.3 is 36.2 Å². The van der Waals surface area contributed by atoms with Gasteiger partial charge in [0.2, 0.25) is 0 Å². The molecule has 13 heavy (non-hydrogen) atoms. The molecule has 9 nitrogen and oxygen atoms in total. The van der Waals surface area contributed by atoms with E-state index in [2.05, 4.69) is 22.2 Å². The van der Waals surface area contributed by atoms with Gasteiger partial charge in [0, 0.05) is 0 Å². The fourth-order valence-electron chi connectivity index (χ4n) is 0.104. The van der Waals surface area contributed by atoms with Gasteiger partial charge in [0.1, 0.15) is 0 Å². The number of carbonyl (C=O) groups is 1. The molecule has 2 amide bonds. The number of primary amides is 1. The number of hydrogen-bond acceptors (Lipinski definition) is 5. The van der Waals surface area contributed by atoms with E-state index in [4.69, 9.17) is 9.79 Å². The molecule has 12 heteroatoms. The van der Waals surface area contributed by atoms with Crippen LogP contribution in [0.5, 0.6) is 0 Å². The molecule has 0 aliphatic rings. The minimum Gasteiger partial charge on any atom is -1.00 e. The molecule has 13 N–H and O–H groups in total. The Morgan fingerprint density at radius 3 is 1.92 bits per heavy atom. The second kappa shape index (κ2) is 12.9. The van der Waals surface area contributed by atoms with Crippen molar-refractivity contribution in [1.29, 1.82) is 0 Å². The summed E-state index contributed by atoms with van der Waals surface area (Å²) in [6, 6.07) is -1.03. The Hall–Kier alpha value is 0.940. The zero-order valence-corrected chi connectivity index (χ0v) is 10.7. The van der Waals surface area contributed by atoms with Gasteiger partial charge in [0.25, 0.3) is 0 Å². The van der Waals surface area contributed by atoms with E-state index < -0.39 is 12.7 Å². The van der Waals surface area contributed by atoms with Gasteiger partial charge in [-0.15, -0.1) is 0 Å². The molecular weight excluding hydrogens is 251 g/mol. The molecule has 0 unspecified atom stereocenters. The maximum atomic E-state index is 9.78. The Balaban J connectivity index is -0.0000000213. The molecule has 0 heterocycles. The van der Waals surface area contributed by atoms with E-state index in [0.29, 0.717) is 0 Å². The van der Waals surface area contributed by atoms with Crippen LogP contribution >= 0.6 is 6.72 Å². The largest absolute Gasteiger partial charge is 2.00 e. The molecule has 0 radical (unpaired) electrons. The van der Waals surface area contributed by atoms with Crippen LogP contribution in [0, 0.1) is 0 Å². The summed E-state index contributed by atoms with van der Waals surface area (Å²) >= 11 is 3.93. The fraction of sp³-hybridized carbons (Fsp3) is 0. The number of carbonyl (C=O) groups excluding carboxylic acids is 1. The summed E-state index contributed by atoms with van der Waals surface area (Å²) in [7, 11) is 0. The summed E-state index contributed by atoms with van der Waals surface area (Å²) in [5.74, 6) is 0. The molecule has 0 bridgehead atoms. The fourth-order valence-corrected chi connectivity index (χ4v) is 0.425. The quantitative estimate of drug-likeness (QED) is 0.190. The smallest absolute Gasteiger partial charge is 1.00 e. The van der Waals surface area contributed by atoms with Crippen molar-refractivity contribution in [2.75, 3.05) is 0 Å². The van der Waals surface area contributed by atoms with Crippen molar-refractivity contribution in [1.82, 2.24) is 17.8 Å². The molecule has 0 saturated carbocycles. The first kappa shape index (κ1) is 29.2. The first-order valence-corrected chi connectivity index (χ1v) is 4.34. The van der Waals surface area contributed by atoms with Crippen molar-refractivity contribution in [2.24, 2.45) is 5.73 Å². The van der Waals surface area contributed by atoms with Crippen LogP contribution in [0.4, 0.5) is 4.79 Å². The molecule has 0 aromatic carbocycles. The Morgan fingerprint density at radius 1 is 1.54 bits per heavy atom. The van der Waals surface area contributed by atoms with Crippen molar-refractivity contribution in [2.45, 2.75) is 0 Å². The third kappa shape index (κ3) is 32.2. The zero-order chi connectivity index (χ0) is 7.49. The number of hydrogen-bond donors (Lipinski definition) is 6. The predicted molar refractivity (Wildman–Crippen MR) is 54.2 cm³/mol. The summed E-state index contributed by atoms with van der Waals surface area (Å²) in [4.78, 5) is 26.3. The first-order chi connectivity index (χ1) is 3.92. The average Bonchev–Trinajstić information content (AvgIpc) is 1.59. The number of rotatable bonds is 2. The first-order valence-electron chi connectivity index (χ1n) is 1.71. The second-order valence-electron chi connectivity index (χ2n) is 1.05. The third-order valence-electron chi connectivity index (χ3n) is 0.265. The monoisotopic (exact) mass is 266 g/mol. The van der Waals surface area contributed by atoms with Crippen LogP contribution in [0.15, 0.2) is 0 Å². The van der Waals surface area contributed by atoms with Gasteiger partial charge >= 0.3 is 50.5 Å². The molecule has 0 fully saturated rings. The molecular formula is CH15CaN4O5PS. The minimum atomic E-state index is -3.80. The van der Waals surface area contributed by atoms with Crippen LogP contribution in [0.3, 0.4) is 0 Å². The van der Waals surface area contributed by atoms with E-state index in [1.54, 1.807) is 0 Å². The zero-order valence-electron chi connectivity index (χ0n) is 8.77. The van der Waals surface area contributed by atoms with Crippen molar-refractivity contribution in [3.63, 3.8) is 0 Å². The normalized spacial score (nSPS) is 7.54. The summed E-state index contributed by atoms with van der Waals surface area (Å²) in [5, 5.41) is 0. The average molecular weight is 266 g/mol. The van der Waals surface area contributed by atoms with Crippen LogP contribution in [0.25, 0.3) is 0 Å². The summed E-state index contributed by atoms with van der Waals surface area (Å²) in [6.45, 7) is -3.80. The summed E-state index contributed by atoms with van der Waals surface area (Å²) < 4.78 is 3.80. The summed E-state index contributed by atoms with van der Waals surface area (Å²) in [6.07, 6.45) is 0. The maximum Gasteiger partial charge on any atom is 2.00 e. The van der Waals surface area contributed by atoms with Gasteiger partial charge in [-0.2, -0.15) is 4.62 Å². The van der Waals surface area contributed by atoms with Gasteiger partial charge in [-0.3, -0.25) is 0 Å². The van der Waals surface area contributed by atoms with Crippen LogP contribution in [0.2, 0.25) is 0 Å². The Morgan fingerprint density at radius 2 is 1.85 bits per heavy atom. The van der Waals surface area contributed by atoms with Crippen molar-refractivity contribution in [3.8, 4) is 0 Å². The number of nitrogens with two attached hydrogens (primary N) is 1. The van der Waals surface area contributed by atoms with E-state index in [9.17, 15) is 4.79 Å². The second-order valence-corrected chi connectivity index (χ2v) is 3.64. The number of hydroxylamine groups is 1. The molecule has 0 aliphatic heterocycles. The maximum absolute atomic E-state index is 9.78. The number of amides is 2. The molecule has 0 aromatic rings. The molecule has 0 saturated heterocycles. The molecule has 0 aromatic heterocycles. The van der Waals surface area contributed by atoms with Gasteiger partial charge in [-0.1, -0.05) is 0 Å². The van der Waals surface area contributed by atoms with E-state index in [0.717, 1.165) is 0 Å². The van der Waals surface area contributed by atoms with E-state index in [1.807, 2.05) is 0 Å². The Kier molecular flexibility index (Phi) is 29.1. The topological polar surface area (TPSA) is 206 Å². The molecule has 0 aliphatic carbocycles. The van der Waals surface area contributed by atoms with E-state index in [1.165, 1.54) is 5.48 Å². The van der Waals surface area contributed by atoms with Gasteiger partial charge in [-0.25, -0.2) is 10.3 Å². The van der Waals surface area contributed by atoms with Crippen molar-refractivity contribution in [3.05, 3.63) is 0 Å². The van der Waals surface area contributed by atoms with Gasteiger partial charge in [0.05, 0.1) is 0 Å². The number of urea groups is 1. The van der Waals surface area contributed by atoms with Crippen LogP contribution < -0.4 is 23.5 Å². The molecule has 0 rings (SSSR count). The Bertz CT molecular complexity index is 171. The van der Waals surface area contributed by atoms with Crippen molar-refractivity contribution < 1.29 is 27.5 Å². The molecule has 0 atom stereocenters. The number of nitrogens with one attached hydrogen (secondary N) is 1. The van der Waals surface area contributed by atoms with E-state index >= 15 is 0 Å². The Labute approximate surface area is 113 Å². The van der Waals surface area contributed by atoms with Gasteiger partial charge in [-0.05, 0) is 11.8 Å². The van der Waals surface area contributed by atoms with Crippen LogP contribution in [0.1, 0.15) is 2.85 Å². The molecule has 82 valence electrons. The SMILES string of the molecule is N.N.NC(=O)NOP(O)(O)=S.O.[Ca+2].[H-].[H-]. The van der Waals surface area contributed by atoms with E-state index in [-0.39, 0.29) is 58.4 Å². The van der Waals surface area contributed by atoms with Crippen LogP contribution in [-0.4, -0.2) is 59.0 Å². The predicted octanol–water partition coefficient (Wildman–Crippen LogP) is -1.86. The molecule has 0 spiro atoms. The van der Waals surface area contributed by atoms with Gasteiger partial charge in [0.15, 0.2) is 0 Å². The van der Waals surface area contributed by atoms with Crippen LogP contribution in [-0.2, 0) is 16.4 Å². The van der Waals surface area contributed by atoms with Crippen molar-refractivity contribution >= 4 is 62.3 Å². The third-order valence-corrected chi connectivity index (χ3v) is 0.818. The minimum absolute atomic E-state index is 0. The summed E-state index contributed by atoms with van der Waals surface area (Å²) in [5.41, 5.74) is 5.94.